The molecule has 6 heteroatoms. The minimum atomic E-state index is 0.654. The summed E-state index contributed by atoms with van der Waals surface area (Å²) in [5.41, 5.74) is 4.27. The Morgan fingerprint density at radius 3 is 2.73 bits per heavy atom. The van der Waals surface area contributed by atoms with Crippen LogP contribution in [0.3, 0.4) is 0 Å². The molecule has 0 aromatic carbocycles. The summed E-state index contributed by atoms with van der Waals surface area (Å²) in [6.07, 6.45) is 5.40. The van der Waals surface area contributed by atoms with E-state index in [9.17, 15) is 0 Å². The van der Waals surface area contributed by atoms with Crippen molar-refractivity contribution in [2.24, 2.45) is 14.1 Å². The Morgan fingerprint density at radius 1 is 1.27 bits per heavy atom. The molecule has 0 unspecified atom stereocenters. The number of imidazole rings is 1. The lowest BCUT2D eigenvalue weighted by atomic mass is 10.1. The summed E-state index contributed by atoms with van der Waals surface area (Å²) >= 11 is 3.64. The van der Waals surface area contributed by atoms with Gasteiger partial charge in [-0.3, -0.25) is 4.68 Å². The topological polar surface area (TPSA) is 48.5 Å². The van der Waals surface area contributed by atoms with Crippen LogP contribution in [0.4, 0.5) is 0 Å². The van der Waals surface area contributed by atoms with E-state index < -0.39 is 0 Å². The molecule has 3 heterocycles. The van der Waals surface area contributed by atoms with Crippen LogP contribution in [-0.4, -0.2) is 24.3 Å². The molecular formula is C16H18BrN5. The summed E-state index contributed by atoms with van der Waals surface area (Å²) in [5.74, 6) is 1.64. The number of fused-ring (bicyclic) bond motifs is 1. The van der Waals surface area contributed by atoms with Crippen molar-refractivity contribution in [2.75, 3.05) is 0 Å². The first-order valence-corrected chi connectivity index (χ1v) is 8.43. The van der Waals surface area contributed by atoms with Crippen LogP contribution in [0.25, 0.3) is 22.4 Å². The van der Waals surface area contributed by atoms with Crippen LogP contribution in [0.5, 0.6) is 0 Å². The molecule has 1 aliphatic rings. The van der Waals surface area contributed by atoms with Crippen LogP contribution < -0.4 is 0 Å². The third-order valence-corrected chi connectivity index (χ3v) is 4.91. The normalized spacial score (nSPS) is 14.9. The van der Waals surface area contributed by atoms with E-state index in [1.807, 2.05) is 17.9 Å². The number of halogens is 1. The maximum absolute atomic E-state index is 4.78. The van der Waals surface area contributed by atoms with Gasteiger partial charge in [0, 0.05) is 37.2 Å². The molecule has 0 radical (unpaired) electrons. The van der Waals surface area contributed by atoms with Crippen molar-refractivity contribution >= 4 is 27.0 Å². The monoisotopic (exact) mass is 359 g/mol. The molecule has 3 aromatic heterocycles. The molecule has 4 rings (SSSR count). The van der Waals surface area contributed by atoms with Gasteiger partial charge in [-0.05, 0) is 41.3 Å². The Bertz CT molecular complexity index is 872. The summed E-state index contributed by atoms with van der Waals surface area (Å²) in [7, 11) is 4.03. The predicted octanol–water partition coefficient (Wildman–Crippen LogP) is 3.57. The third kappa shape index (κ3) is 2.08. The quantitative estimate of drug-likeness (QED) is 0.718. The summed E-state index contributed by atoms with van der Waals surface area (Å²) in [4.78, 5) is 9.51. The molecule has 1 saturated carbocycles. The highest BCUT2D eigenvalue weighted by Crippen LogP contribution is 2.44. The number of nitrogens with zero attached hydrogens (tertiary/aromatic N) is 5. The molecule has 22 heavy (non-hydrogen) atoms. The Hall–Kier alpha value is -1.69. The molecule has 0 atom stereocenters. The first kappa shape index (κ1) is 13.9. The summed E-state index contributed by atoms with van der Waals surface area (Å²) in [6, 6.07) is 2.17. The number of hydrogen-bond acceptors (Lipinski definition) is 3. The second kappa shape index (κ2) is 4.91. The lowest BCUT2D eigenvalue weighted by Crippen LogP contribution is -2.01. The van der Waals surface area contributed by atoms with Gasteiger partial charge >= 0.3 is 0 Å². The van der Waals surface area contributed by atoms with Crippen LogP contribution in [0.15, 0.2) is 16.9 Å². The molecule has 3 aromatic rings. The van der Waals surface area contributed by atoms with Crippen molar-refractivity contribution in [3.05, 3.63) is 28.3 Å². The van der Waals surface area contributed by atoms with Crippen LogP contribution in [0.2, 0.25) is 0 Å². The Kier molecular flexibility index (Phi) is 3.11. The van der Waals surface area contributed by atoms with Gasteiger partial charge in [0.15, 0.2) is 5.65 Å². The summed E-state index contributed by atoms with van der Waals surface area (Å²) < 4.78 is 5.01. The van der Waals surface area contributed by atoms with Crippen molar-refractivity contribution in [1.29, 1.82) is 0 Å². The molecule has 1 fully saturated rings. The van der Waals surface area contributed by atoms with Gasteiger partial charge in [0.2, 0.25) is 0 Å². The first-order valence-electron chi connectivity index (χ1n) is 7.64. The number of pyridine rings is 1. The van der Waals surface area contributed by atoms with Crippen LogP contribution in [-0.2, 0) is 20.5 Å². The SMILES string of the molecule is CCc1nc2nn(C)cc2cc1-c1nc(Br)c(C2CC2)n1C. The van der Waals surface area contributed by atoms with E-state index in [-0.39, 0.29) is 0 Å². The van der Waals surface area contributed by atoms with Crippen molar-refractivity contribution in [2.45, 2.75) is 32.1 Å². The third-order valence-electron chi connectivity index (χ3n) is 4.32. The molecule has 114 valence electrons. The fraction of sp³-hybridized carbons (Fsp3) is 0.438. The first-order chi connectivity index (χ1) is 10.6. The highest BCUT2D eigenvalue weighted by atomic mass is 79.9. The van der Waals surface area contributed by atoms with E-state index in [4.69, 9.17) is 9.97 Å². The number of hydrogen-bond donors (Lipinski definition) is 0. The minimum absolute atomic E-state index is 0.654. The standard InChI is InChI=1S/C16H18BrN5/c1-4-12-11(7-10-8-21(2)20-15(10)18-12)16-19-14(17)13(22(16)3)9-5-6-9/h7-9H,4-6H2,1-3H3. The van der Waals surface area contributed by atoms with Gasteiger partial charge in [0.05, 0.1) is 11.4 Å². The number of aromatic nitrogens is 5. The van der Waals surface area contributed by atoms with Gasteiger partial charge in [-0.2, -0.15) is 5.10 Å². The second-order valence-electron chi connectivity index (χ2n) is 6.00. The highest BCUT2D eigenvalue weighted by Gasteiger charge is 2.31. The second-order valence-corrected chi connectivity index (χ2v) is 6.75. The van der Waals surface area contributed by atoms with Crippen molar-refractivity contribution in [3.63, 3.8) is 0 Å². The van der Waals surface area contributed by atoms with Crippen LogP contribution >= 0.6 is 15.9 Å². The van der Waals surface area contributed by atoms with E-state index in [2.05, 4.69) is 45.6 Å². The van der Waals surface area contributed by atoms with Crippen LogP contribution in [0.1, 0.15) is 37.1 Å². The van der Waals surface area contributed by atoms with Gasteiger partial charge in [-0.15, -0.1) is 0 Å². The Balaban J connectivity index is 1.94. The van der Waals surface area contributed by atoms with Crippen LogP contribution in [0, 0.1) is 0 Å². The summed E-state index contributed by atoms with van der Waals surface area (Å²) in [6.45, 7) is 2.13. The average Bonchev–Trinajstić information content (AvgIpc) is 3.17. The largest absolute Gasteiger partial charge is 0.330 e. The molecule has 0 aliphatic heterocycles. The van der Waals surface area contributed by atoms with Crippen molar-refractivity contribution in [3.8, 4) is 11.4 Å². The van der Waals surface area contributed by atoms with Gasteiger partial charge in [0.25, 0.3) is 0 Å². The number of rotatable bonds is 3. The summed E-state index contributed by atoms with van der Waals surface area (Å²) in [5, 5.41) is 5.47. The molecule has 0 amide bonds. The average molecular weight is 360 g/mol. The number of aryl methyl sites for hydroxylation is 2. The molecule has 5 nitrogen and oxygen atoms in total. The molecule has 0 saturated heterocycles. The zero-order valence-corrected chi connectivity index (χ0v) is 14.6. The van der Waals surface area contributed by atoms with E-state index in [0.717, 1.165) is 39.1 Å². The minimum Gasteiger partial charge on any atom is -0.330 e. The maximum atomic E-state index is 4.78. The highest BCUT2D eigenvalue weighted by molar-refractivity contribution is 9.10. The Morgan fingerprint density at radius 2 is 2.05 bits per heavy atom. The maximum Gasteiger partial charge on any atom is 0.181 e. The fourth-order valence-electron chi connectivity index (χ4n) is 3.09. The van der Waals surface area contributed by atoms with Crippen molar-refractivity contribution in [1.82, 2.24) is 24.3 Å². The lowest BCUT2D eigenvalue weighted by molar-refractivity contribution is 0.774. The van der Waals surface area contributed by atoms with E-state index in [1.54, 1.807) is 0 Å². The molecular weight excluding hydrogens is 342 g/mol. The van der Waals surface area contributed by atoms with Crippen molar-refractivity contribution < 1.29 is 0 Å². The molecule has 0 spiro atoms. The zero-order chi connectivity index (χ0) is 15.4. The molecule has 1 aliphatic carbocycles. The van der Waals surface area contributed by atoms with E-state index in [1.165, 1.54) is 18.5 Å². The molecule has 0 N–H and O–H groups in total. The van der Waals surface area contributed by atoms with E-state index >= 15 is 0 Å². The smallest absolute Gasteiger partial charge is 0.181 e. The lowest BCUT2D eigenvalue weighted by Gasteiger charge is -2.09. The van der Waals surface area contributed by atoms with Gasteiger partial charge in [-0.1, -0.05) is 6.92 Å². The van der Waals surface area contributed by atoms with Gasteiger partial charge in [0.1, 0.15) is 10.4 Å². The predicted molar refractivity (Wildman–Crippen MR) is 89.8 cm³/mol. The van der Waals surface area contributed by atoms with Gasteiger partial charge in [-0.25, -0.2) is 9.97 Å². The molecule has 0 bridgehead atoms. The van der Waals surface area contributed by atoms with E-state index in [0.29, 0.717) is 5.92 Å². The van der Waals surface area contributed by atoms with Gasteiger partial charge < -0.3 is 4.57 Å². The fourth-order valence-corrected chi connectivity index (χ4v) is 3.85. The Labute approximate surface area is 137 Å². The zero-order valence-electron chi connectivity index (χ0n) is 13.0.